The van der Waals surface area contributed by atoms with Crippen LogP contribution in [0.4, 0.5) is 0 Å². The maximum Gasteiger partial charge on any atom is 0.307 e. The highest BCUT2D eigenvalue weighted by Gasteiger charge is 2.29. The van der Waals surface area contributed by atoms with Gasteiger partial charge in [-0.25, -0.2) is 0 Å². The number of methoxy groups -OCH3 is 3. The summed E-state index contributed by atoms with van der Waals surface area (Å²) in [4.78, 5) is 28.5. The van der Waals surface area contributed by atoms with E-state index in [1.165, 1.54) is 18.4 Å². The zero-order valence-corrected chi connectivity index (χ0v) is 15.2. The number of aromatic nitrogens is 1. The molecule has 1 aliphatic rings. The summed E-state index contributed by atoms with van der Waals surface area (Å²) in [5.41, 5.74) is 0.842. The summed E-state index contributed by atoms with van der Waals surface area (Å²) < 4.78 is 18.2. The highest BCUT2D eigenvalue weighted by atomic mass is 32.1. The van der Waals surface area contributed by atoms with Gasteiger partial charge in [0.1, 0.15) is 0 Å². The molecule has 7 nitrogen and oxygen atoms in total. The van der Waals surface area contributed by atoms with E-state index in [0.29, 0.717) is 22.8 Å². The normalized spacial score (nSPS) is 14.6. The zero-order valence-electron chi connectivity index (χ0n) is 14.4. The molecule has 0 radical (unpaired) electrons. The first-order valence-electron chi connectivity index (χ1n) is 7.98. The molecule has 0 saturated heterocycles. The summed E-state index contributed by atoms with van der Waals surface area (Å²) in [6.07, 6.45) is 2.00. The Hall–Kier alpha value is -2.35. The fourth-order valence-electron chi connectivity index (χ4n) is 2.52. The van der Waals surface area contributed by atoms with E-state index in [0.717, 1.165) is 23.1 Å². The maximum absolute atomic E-state index is 12.1. The Morgan fingerprint density at radius 3 is 2.48 bits per heavy atom. The van der Waals surface area contributed by atoms with Crippen LogP contribution in [0.3, 0.4) is 0 Å². The summed E-state index contributed by atoms with van der Waals surface area (Å²) >= 11 is 1.39. The van der Waals surface area contributed by atoms with Gasteiger partial charge in [0.05, 0.1) is 38.0 Å². The maximum atomic E-state index is 12.1. The number of nitrogens with zero attached hydrogens (tertiary/aromatic N) is 2. The Labute approximate surface area is 148 Å². The molecule has 1 amide bonds. The number of amides is 1. The fourth-order valence-corrected chi connectivity index (χ4v) is 3.59. The van der Waals surface area contributed by atoms with Crippen molar-refractivity contribution in [2.75, 3.05) is 21.3 Å². The third-order valence-electron chi connectivity index (χ3n) is 4.09. The van der Waals surface area contributed by atoms with Crippen LogP contribution < -0.4 is 14.3 Å². The van der Waals surface area contributed by atoms with Gasteiger partial charge in [0, 0.05) is 24.6 Å². The van der Waals surface area contributed by atoms with Gasteiger partial charge in [-0.2, -0.15) is 4.99 Å². The van der Waals surface area contributed by atoms with Crippen LogP contribution in [0.5, 0.6) is 11.5 Å². The standard InChI is InChI=1S/C17H20N2O5S/c1-22-12-8-11-14(9-13(12)23-2)25-17(18-16(21)10-4-5-10)19(11)7-6-15(20)24-3/h8-10H,4-7H2,1-3H3. The molecule has 134 valence electrons. The highest BCUT2D eigenvalue weighted by molar-refractivity contribution is 7.16. The minimum Gasteiger partial charge on any atom is -0.493 e. The van der Waals surface area contributed by atoms with E-state index in [2.05, 4.69) is 4.99 Å². The summed E-state index contributed by atoms with van der Waals surface area (Å²) in [5, 5.41) is 0. The predicted molar refractivity (Wildman–Crippen MR) is 92.8 cm³/mol. The van der Waals surface area contributed by atoms with Crippen LogP contribution in [-0.4, -0.2) is 37.8 Å². The van der Waals surface area contributed by atoms with Crippen LogP contribution in [0.2, 0.25) is 0 Å². The van der Waals surface area contributed by atoms with Crippen molar-refractivity contribution in [1.82, 2.24) is 4.57 Å². The molecule has 0 aliphatic heterocycles. The average molecular weight is 364 g/mol. The molecule has 0 spiro atoms. The zero-order chi connectivity index (χ0) is 18.0. The lowest BCUT2D eigenvalue weighted by molar-refractivity contribution is -0.140. The molecule has 0 bridgehead atoms. The van der Waals surface area contributed by atoms with Gasteiger partial charge in [-0.15, -0.1) is 0 Å². The van der Waals surface area contributed by atoms with Gasteiger partial charge in [0.15, 0.2) is 16.3 Å². The number of hydrogen-bond acceptors (Lipinski definition) is 6. The number of carbonyl (C=O) groups is 2. The minimum atomic E-state index is -0.313. The van der Waals surface area contributed by atoms with Crippen LogP contribution >= 0.6 is 11.3 Å². The molecule has 1 fully saturated rings. The largest absolute Gasteiger partial charge is 0.493 e. The van der Waals surface area contributed by atoms with E-state index in [1.54, 1.807) is 14.2 Å². The molecule has 3 rings (SSSR count). The van der Waals surface area contributed by atoms with Crippen molar-refractivity contribution in [2.45, 2.75) is 25.8 Å². The quantitative estimate of drug-likeness (QED) is 0.734. The molecular formula is C17H20N2O5S. The van der Waals surface area contributed by atoms with E-state index >= 15 is 0 Å². The second-order valence-electron chi connectivity index (χ2n) is 5.76. The Kier molecular flexibility index (Phi) is 5.08. The molecule has 0 N–H and O–H groups in total. The highest BCUT2D eigenvalue weighted by Crippen LogP contribution is 2.34. The van der Waals surface area contributed by atoms with E-state index < -0.39 is 0 Å². The van der Waals surface area contributed by atoms with E-state index in [1.807, 2.05) is 16.7 Å². The Balaban J connectivity index is 2.11. The summed E-state index contributed by atoms with van der Waals surface area (Å²) in [5.74, 6) is 0.823. The van der Waals surface area contributed by atoms with E-state index in [4.69, 9.17) is 14.2 Å². The number of esters is 1. The van der Waals surface area contributed by atoms with Gasteiger partial charge in [-0.05, 0) is 12.8 Å². The number of hydrogen-bond donors (Lipinski definition) is 0. The third kappa shape index (κ3) is 3.68. The number of carbonyl (C=O) groups excluding carboxylic acids is 2. The molecule has 1 aliphatic carbocycles. The number of aryl methyl sites for hydroxylation is 1. The Bertz CT molecular complexity index is 879. The van der Waals surface area contributed by atoms with Crippen molar-refractivity contribution < 1.29 is 23.8 Å². The van der Waals surface area contributed by atoms with Crippen LogP contribution in [0.25, 0.3) is 10.2 Å². The molecule has 2 aromatic rings. The smallest absolute Gasteiger partial charge is 0.307 e. The molecule has 0 unspecified atom stereocenters. The van der Waals surface area contributed by atoms with Crippen LogP contribution in [-0.2, 0) is 20.9 Å². The molecule has 25 heavy (non-hydrogen) atoms. The molecule has 1 aromatic heterocycles. The summed E-state index contributed by atoms with van der Waals surface area (Å²) in [6.45, 7) is 0.374. The SMILES string of the molecule is COC(=O)CCn1c(=NC(=O)C2CC2)sc2cc(OC)c(OC)cc21. The van der Waals surface area contributed by atoms with Crippen LogP contribution in [0.15, 0.2) is 17.1 Å². The number of fused-ring (bicyclic) bond motifs is 1. The van der Waals surface area contributed by atoms with Crippen molar-refractivity contribution >= 4 is 33.4 Å². The summed E-state index contributed by atoms with van der Waals surface area (Å²) in [7, 11) is 4.50. The van der Waals surface area contributed by atoms with Crippen molar-refractivity contribution in [2.24, 2.45) is 10.9 Å². The first kappa shape index (κ1) is 17.5. The lowest BCUT2D eigenvalue weighted by Gasteiger charge is -2.09. The second kappa shape index (κ2) is 7.26. The topological polar surface area (TPSA) is 79.1 Å². The number of benzene rings is 1. The van der Waals surface area contributed by atoms with Gasteiger partial charge >= 0.3 is 5.97 Å². The molecular weight excluding hydrogens is 344 g/mol. The minimum absolute atomic E-state index is 0.0448. The van der Waals surface area contributed by atoms with E-state index in [9.17, 15) is 9.59 Å². The fraction of sp³-hybridized carbons (Fsp3) is 0.471. The molecule has 1 aromatic carbocycles. The van der Waals surface area contributed by atoms with Crippen LogP contribution in [0, 0.1) is 5.92 Å². The number of thiazole rings is 1. The third-order valence-corrected chi connectivity index (χ3v) is 5.13. The van der Waals surface area contributed by atoms with E-state index in [-0.39, 0.29) is 24.2 Å². The van der Waals surface area contributed by atoms with Crippen molar-refractivity contribution in [3.05, 3.63) is 16.9 Å². The van der Waals surface area contributed by atoms with Gasteiger partial charge in [0.2, 0.25) is 0 Å². The molecule has 1 saturated carbocycles. The monoisotopic (exact) mass is 364 g/mol. The molecule has 8 heteroatoms. The van der Waals surface area contributed by atoms with Gasteiger partial charge in [-0.3, -0.25) is 9.59 Å². The summed E-state index contributed by atoms with van der Waals surface area (Å²) in [6, 6.07) is 3.69. The first-order valence-corrected chi connectivity index (χ1v) is 8.79. The number of rotatable bonds is 6. The van der Waals surface area contributed by atoms with Gasteiger partial charge in [0.25, 0.3) is 5.91 Å². The number of ether oxygens (including phenoxy) is 3. The van der Waals surface area contributed by atoms with Gasteiger partial charge < -0.3 is 18.8 Å². The Morgan fingerprint density at radius 2 is 1.88 bits per heavy atom. The van der Waals surface area contributed by atoms with Crippen molar-refractivity contribution in [3.8, 4) is 11.5 Å². The van der Waals surface area contributed by atoms with Gasteiger partial charge in [-0.1, -0.05) is 11.3 Å². The Morgan fingerprint density at radius 1 is 1.20 bits per heavy atom. The van der Waals surface area contributed by atoms with Crippen molar-refractivity contribution in [3.63, 3.8) is 0 Å². The predicted octanol–water partition coefficient (Wildman–Crippen LogP) is 2.12. The average Bonchev–Trinajstić information content (AvgIpc) is 3.42. The first-order chi connectivity index (χ1) is 12.1. The second-order valence-corrected chi connectivity index (χ2v) is 6.77. The van der Waals surface area contributed by atoms with Crippen LogP contribution in [0.1, 0.15) is 19.3 Å². The molecule has 1 heterocycles. The molecule has 0 atom stereocenters. The lowest BCUT2D eigenvalue weighted by Crippen LogP contribution is -2.19. The lowest BCUT2D eigenvalue weighted by atomic mass is 10.3. The van der Waals surface area contributed by atoms with Crippen molar-refractivity contribution in [1.29, 1.82) is 0 Å².